The minimum atomic E-state index is 0.788. The van der Waals surface area contributed by atoms with Crippen molar-refractivity contribution in [3.05, 3.63) is 16.1 Å². The molecule has 0 radical (unpaired) electrons. The monoisotopic (exact) mass is 196 g/mol. The molecule has 1 saturated carbocycles. The van der Waals surface area contributed by atoms with Crippen LogP contribution in [0, 0.1) is 0 Å². The molecule has 0 atom stereocenters. The number of aryl methyl sites for hydroxylation is 1. The van der Waals surface area contributed by atoms with E-state index in [1.54, 1.807) is 11.3 Å². The van der Waals surface area contributed by atoms with Crippen LogP contribution in [0.4, 0.5) is 0 Å². The van der Waals surface area contributed by atoms with Crippen molar-refractivity contribution in [3.8, 4) is 0 Å². The maximum absolute atomic E-state index is 4.56. The zero-order chi connectivity index (χ0) is 9.10. The number of thiazole rings is 1. The van der Waals surface area contributed by atoms with Gasteiger partial charge in [0, 0.05) is 18.0 Å². The van der Waals surface area contributed by atoms with Crippen LogP contribution in [0.1, 0.15) is 36.9 Å². The summed E-state index contributed by atoms with van der Waals surface area (Å²) in [6.07, 6.45) is 5.04. The Hall–Kier alpha value is -0.410. The van der Waals surface area contributed by atoms with Gasteiger partial charge in [0.05, 0.1) is 10.7 Å². The maximum Gasteiger partial charge on any atom is 0.0928 e. The molecular formula is C10H16N2S. The molecule has 1 aliphatic carbocycles. The summed E-state index contributed by atoms with van der Waals surface area (Å²) in [6.45, 7) is 3.16. The Morgan fingerprint density at radius 2 is 2.46 bits per heavy atom. The van der Waals surface area contributed by atoms with Crippen LogP contribution >= 0.6 is 11.3 Å². The molecule has 13 heavy (non-hydrogen) atoms. The van der Waals surface area contributed by atoms with E-state index in [2.05, 4.69) is 22.6 Å². The summed E-state index contributed by atoms with van der Waals surface area (Å²) in [5.74, 6) is 0. The zero-order valence-electron chi connectivity index (χ0n) is 8.05. The van der Waals surface area contributed by atoms with Crippen LogP contribution < -0.4 is 5.32 Å². The molecule has 0 amide bonds. The number of hydrogen-bond donors (Lipinski definition) is 1. The van der Waals surface area contributed by atoms with Crippen LogP contribution in [0.25, 0.3) is 0 Å². The Bertz CT molecular complexity index is 266. The summed E-state index contributed by atoms with van der Waals surface area (Å²) in [5.41, 5.74) is 1.22. The first-order valence-electron chi connectivity index (χ1n) is 5.05. The summed E-state index contributed by atoms with van der Waals surface area (Å²) in [4.78, 5) is 4.56. The number of aromatic nitrogens is 1. The third-order valence-corrected chi connectivity index (χ3v) is 3.17. The van der Waals surface area contributed by atoms with Gasteiger partial charge in [-0.05, 0) is 25.7 Å². The molecule has 0 spiro atoms. The molecule has 1 N–H and O–H groups in total. The van der Waals surface area contributed by atoms with Crippen LogP contribution in [-0.2, 0) is 13.0 Å². The lowest BCUT2D eigenvalue weighted by molar-refractivity contribution is 0.675. The van der Waals surface area contributed by atoms with Gasteiger partial charge in [0.1, 0.15) is 0 Å². The van der Waals surface area contributed by atoms with Crippen molar-refractivity contribution in [1.29, 1.82) is 0 Å². The van der Waals surface area contributed by atoms with E-state index in [9.17, 15) is 0 Å². The highest BCUT2D eigenvalue weighted by atomic mass is 32.1. The van der Waals surface area contributed by atoms with Crippen molar-refractivity contribution >= 4 is 11.3 Å². The minimum absolute atomic E-state index is 0.788. The average Bonchev–Trinajstić information content (AvgIpc) is 2.85. The Morgan fingerprint density at radius 1 is 1.62 bits per heavy atom. The van der Waals surface area contributed by atoms with Crippen molar-refractivity contribution in [1.82, 2.24) is 10.3 Å². The molecule has 1 fully saturated rings. The predicted molar refractivity (Wildman–Crippen MR) is 56.0 cm³/mol. The zero-order valence-corrected chi connectivity index (χ0v) is 8.86. The average molecular weight is 196 g/mol. The quantitative estimate of drug-likeness (QED) is 0.782. The Morgan fingerprint density at radius 3 is 3.15 bits per heavy atom. The highest BCUT2D eigenvalue weighted by Gasteiger charge is 2.20. The third-order valence-electron chi connectivity index (χ3n) is 2.21. The smallest absolute Gasteiger partial charge is 0.0928 e. The fraction of sp³-hybridized carbons (Fsp3) is 0.700. The van der Waals surface area contributed by atoms with E-state index in [1.807, 2.05) is 0 Å². The van der Waals surface area contributed by atoms with Crippen molar-refractivity contribution in [2.75, 3.05) is 0 Å². The van der Waals surface area contributed by atoms with Gasteiger partial charge < -0.3 is 5.32 Å². The van der Waals surface area contributed by atoms with Crippen molar-refractivity contribution in [2.45, 2.75) is 45.2 Å². The molecule has 1 aromatic heterocycles. The molecule has 1 aromatic rings. The van der Waals surface area contributed by atoms with Gasteiger partial charge in [-0.3, -0.25) is 0 Å². The van der Waals surface area contributed by atoms with Gasteiger partial charge in [-0.15, -0.1) is 11.3 Å². The SMILES string of the molecule is CCCc1nc(CNC2CC2)cs1. The van der Waals surface area contributed by atoms with Crippen LogP contribution in [0.5, 0.6) is 0 Å². The number of hydrogen-bond acceptors (Lipinski definition) is 3. The molecule has 0 aliphatic heterocycles. The summed E-state index contributed by atoms with van der Waals surface area (Å²) in [5, 5.41) is 6.94. The van der Waals surface area contributed by atoms with Crippen LogP contribution in [0.2, 0.25) is 0 Å². The lowest BCUT2D eigenvalue weighted by Gasteiger charge is -1.97. The van der Waals surface area contributed by atoms with E-state index >= 15 is 0 Å². The highest BCUT2D eigenvalue weighted by molar-refractivity contribution is 7.09. The molecule has 0 aromatic carbocycles. The van der Waals surface area contributed by atoms with E-state index < -0.39 is 0 Å². The van der Waals surface area contributed by atoms with E-state index in [1.165, 1.54) is 30.0 Å². The van der Waals surface area contributed by atoms with Crippen LogP contribution in [0.3, 0.4) is 0 Å². The van der Waals surface area contributed by atoms with Crippen molar-refractivity contribution in [3.63, 3.8) is 0 Å². The lowest BCUT2D eigenvalue weighted by Crippen LogP contribution is -2.15. The largest absolute Gasteiger partial charge is 0.308 e. The molecular weight excluding hydrogens is 180 g/mol. The molecule has 2 rings (SSSR count). The summed E-state index contributed by atoms with van der Waals surface area (Å²) < 4.78 is 0. The van der Waals surface area contributed by atoms with Gasteiger partial charge in [-0.25, -0.2) is 4.98 Å². The molecule has 1 heterocycles. The second-order valence-corrected chi connectivity index (χ2v) is 4.58. The summed E-state index contributed by atoms with van der Waals surface area (Å²) >= 11 is 1.80. The fourth-order valence-corrected chi connectivity index (χ4v) is 2.20. The van der Waals surface area contributed by atoms with Crippen LogP contribution in [-0.4, -0.2) is 11.0 Å². The number of nitrogens with one attached hydrogen (secondary N) is 1. The second-order valence-electron chi connectivity index (χ2n) is 3.64. The van der Waals surface area contributed by atoms with Crippen LogP contribution in [0.15, 0.2) is 5.38 Å². The molecule has 0 bridgehead atoms. The molecule has 3 heteroatoms. The van der Waals surface area contributed by atoms with E-state index in [4.69, 9.17) is 0 Å². The molecule has 0 unspecified atom stereocenters. The minimum Gasteiger partial charge on any atom is -0.308 e. The summed E-state index contributed by atoms with van der Waals surface area (Å²) in [7, 11) is 0. The normalized spacial score (nSPS) is 16.4. The Balaban J connectivity index is 1.81. The van der Waals surface area contributed by atoms with E-state index in [-0.39, 0.29) is 0 Å². The highest BCUT2D eigenvalue weighted by Crippen LogP contribution is 2.19. The van der Waals surface area contributed by atoms with E-state index in [0.717, 1.165) is 19.0 Å². The Labute approximate surface area is 83.4 Å². The third kappa shape index (κ3) is 2.78. The Kier molecular flexibility index (Phi) is 2.96. The van der Waals surface area contributed by atoms with Gasteiger partial charge in [0.2, 0.25) is 0 Å². The lowest BCUT2D eigenvalue weighted by atomic mass is 10.3. The topological polar surface area (TPSA) is 24.9 Å². The van der Waals surface area contributed by atoms with Gasteiger partial charge in [-0.1, -0.05) is 6.92 Å². The second kappa shape index (κ2) is 4.20. The van der Waals surface area contributed by atoms with Gasteiger partial charge >= 0.3 is 0 Å². The first kappa shape index (κ1) is 9.16. The first-order chi connectivity index (χ1) is 6.38. The van der Waals surface area contributed by atoms with Crippen molar-refractivity contribution < 1.29 is 0 Å². The first-order valence-corrected chi connectivity index (χ1v) is 5.93. The summed E-state index contributed by atoms with van der Waals surface area (Å²) in [6, 6.07) is 0.788. The van der Waals surface area contributed by atoms with Crippen molar-refractivity contribution in [2.24, 2.45) is 0 Å². The number of nitrogens with zero attached hydrogens (tertiary/aromatic N) is 1. The number of rotatable bonds is 5. The molecule has 1 aliphatic rings. The standard InChI is InChI=1S/C10H16N2S/c1-2-3-10-12-9(7-13-10)6-11-8-4-5-8/h7-8,11H,2-6H2,1H3. The molecule has 2 nitrogen and oxygen atoms in total. The van der Waals surface area contributed by atoms with Gasteiger partial charge in [-0.2, -0.15) is 0 Å². The van der Waals surface area contributed by atoms with Gasteiger partial charge in [0.15, 0.2) is 0 Å². The van der Waals surface area contributed by atoms with Gasteiger partial charge in [0.25, 0.3) is 0 Å². The molecule has 0 saturated heterocycles. The fourth-order valence-electron chi connectivity index (χ4n) is 1.30. The molecule has 72 valence electrons. The maximum atomic E-state index is 4.56. The van der Waals surface area contributed by atoms with E-state index in [0.29, 0.717) is 0 Å². The predicted octanol–water partition coefficient (Wildman–Crippen LogP) is 2.35.